The highest BCUT2D eigenvalue weighted by molar-refractivity contribution is 5.19. The summed E-state index contributed by atoms with van der Waals surface area (Å²) in [7, 11) is 3.34. The van der Waals surface area contributed by atoms with Crippen molar-refractivity contribution in [3.63, 3.8) is 0 Å². The molecule has 0 radical (unpaired) electrons. The quantitative estimate of drug-likeness (QED) is 0.574. The van der Waals surface area contributed by atoms with Gasteiger partial charge in [-0.1, -0.05) is 0 Å². The summed E-state index contributed by atoms with van der Waals surface area (Å²) in [6, 6.07) is 3.86. The molecule has 6 heteroatoms. The van der Waals surface area contributed by atoms with E-state index in [4.69, 9.17) is 18.9 Å². The molecule has 0 aliphatic rings. The molecule has 6 nitrogen and oxygen atoms in total. The van der Waals surface area contributed by atoms with E-state index >= 15 is 0 Å². The minimum Gasteiger partial charge on any atom is -0.490 e. The van der Waals surface area contributed by atoms with Crippen LogP contribution in [0.3, 0.4) is 0 Å². The number of hydrogen-bond donors (Lipinski definition) is 1. The molecule has 1 heterocycles. The molecular formula is C14H24N2O4. The van der Waals surface area contributed by atoms with Crippen molar-refractivity contribution in [1.29, 1.82) is 0 Å². The van der Waals surface area contributed by atoms with Crippen molar-refractivity contribution < 1.29 is 18.9 Å². The Morgan fingerprint density at radius 2 is 1.80 bits per heavy atom. The Labute approximate surface area is 120 Å². The van der Waals surface area contributed by atoms with Crippen LogP contribution in [0, 0.1) is 0 Å². The van der Waals surface area contributed by atoms with Gasteiger partial charge in [-0.15, -0.1) is 0 Å². The molecule has 20 heavy (non-hydrogen) atoms. The van der Waals surface area contributed by atoms with E-state index in [0.717, 1.165) is 24.5 Å². The molecule has 0 fully saturated rings. The lowest BCUT2D eigenvalue weighted by molar-refractivity contribution is 0.0543. The van der Waals surface area contributed by atoms with Crippen molar-refractivity contribution in [2.24, 2.45) is 0 Å². The Bertz CT molecular complexity index is 332. The molecule has 1 aromatic rings. The van der Waals surface area contributed by atoms with Gasteiger partial charge in [0.05, 0.1) is 38.3 Å². The predicted molar refractivity (Wildman–Crippen MR) is 76.0 cm³/mol. The molecule has 1 aromatic heterocycles. The SMILES string of the molecule is COCCNCc1ccc(OCCOCCOC)cn1. The van der Waals surface area contributed by atoms with Crippen LogP contribution in [0.4, 0.5) is 0 Å². The first-order valence-electron chi connectivity index (χ1n) is 6.71. The first kappa shape index (κ1) is 16.8. The Morgan fingerprint density at radius 1 is 1.00 bits per heavy atom. The second-order valence-corrected chi connectivity index (χ2v) is 4.11. The van der Waals surface area contributed by atoms with E-state index in [-0.39, 0.29) is 0 Å². The van der Waals surface area contributed by atoms with Gasteiger partial charge in [-0.3, -0.25) is 4.98 Å². The van der Waals surface area contributed by atoms with E-state index in [1.165, 1.54) is 0 Å². The molecule has 0 aliphatic heterocycles. The van der Waals surface area contributed by atoms with Gasteiger partial charge in [0, 0.05) is 27.3 Å². The lowest BCUT2D eigenvalue weighted by atomic mass is 10.3. The van der Waals surface area contributed by atoms with Gasteiger partial charge < -0.3 is 24.3 Å². The highest BCUT2D eigenvalue weighted by Gasteiger charge is 1.97. The summed E-state index contributed by atoms with van der Waals surface area (Å²) in [6.07, 6.45) is 1.72. The summed E-state index contributed by atoms with van der Waals surface area (Å²) < 4.78 is 20.7. The third kappa shape index (κ3) is 8.06. The van der Waals surface area contributed by atoms with Crippen LogP contribution in [-0.2, 0) is 20.8 Å². The molecule has 0 spiro atoms. The molecule has 0 amide bonds. The Morgan fingerprint density at radius 3 is 2.50 bits per heavy atom. The topological polar surface area (TPSA) is 61.8 Å². The lowest BCUT2D eigenvalue weighted by Crippen LogP contribution is -2.19. The summed E-state index contributed by atoms with van der Waals surface area (Å²) >= 11 is 0. The molecule has 1 N–H and O–H groups in total. The lowest BCUT2D eigenvalue weighted by Gasteiger charge is -2.08. The molecule has 0 aromatic carbocycles. The fraction of sp³-hybridized carbons (Fsp3) is 0.643. The van der Waals surface area contributed by atoms with Crippen LogP contribution >= 0.6 is 0 Å². The van der Waals surface area contributed by atoms with Gasteiger partial charge in [0.1, 0.15) is 12.4 Å². The number of pyridine rings is 1. The van der Waals surface area contributed by atoms with Gasteiger partial charge in [-0.2, -0.15) is 0 Å². The van der Waals surface area contributed by atoms with E-state index in [1.807, 2.05) is 12.1 Å². The molecule has 0 saturated carbocycles. The monoisotopic (exact) mass is 284 g/mol. The maximum Gasteiger partial charge on any atom is 0.137 e. The van der Waals surface area contributed by atoms with Gasteiger partial charge in [0.2, 0.25) is 0 Å². The molecule has 0 aliphatic carbocycles. The zero-order valence-corrected chi connectivity index (χ0v) is 12.3. The molecule has 1 rings (SSSR count). The summed E-state index contributed by atoms with van der Waals surface area (Å²) in [4.78, 5) is 4.32. The number of methoxy groups -OCH3 is 2. The number of ether oxygens (including phenoxy) is 4. The molecule has 0 saturated heterocycles. The maximum atomic E-state index is 5.52. The fourth-order valence-corrected chi connectivity index (χ4v) is 1.45. The summed E-state index contributed by atoms with van der Waals surface area (Å²) in [5.74, 6) is 0.751. The smallest absolute Gasteiger partial charge is 0.137 e. The molecule has 114 valence electrons. The normalized spacial score (nSPS) is 10.7. The average Bonchev–Trinajstić information content (AvgIpc) is 2.49. The van der Waals surface area contributed by atoms with Crippen LogP contribution in [0.5, 0.6) is 5.75 Å². The van der Waals surface area contributed by atoms with Gasteiger partial charge in [0.25, 0.3) is 0 Å². The second-order valence-electron chi connectivity index (χ2n) is 4.11. The van der Waals surface area contributed by atoms with Crippen LogP contribution < -0.4 is 10.1 Å². The summed E-state index contributed by atoms with van der Waals surface area (Å²) in [6.45, 7) is 4.49. The van der Waals surface area contributed by atoms with E-state index in [9.17, 15) is 0 Å². The Hall–Kier alpha value is -1.21. The van der Waals surface area contributed by atoms with Crippen LogP contribution in [0.25, 0.3) is 0 Å². The number of nitrogens with zero attached hydrogens (tertiary/aromatic N) is 1. The van der Waals surface area contributed by atoms with Gasteiger partial charge in [-0.05, 0) is 12.1 Å². The summed E-state index contributed by atoms with van der Waals surface area (Å²) in [5, 5.41) is 3.23. The van der Waals surface area contributed by atoms with Crippen molar-refractivity contribution in [1.82, 2.24) is 10.3 Å². The zero-order valence-electron chi connectivity index (χ0n) is 12.3. The molecule has 0 bridgehead atoms. The van der Waals surface area contributed by atoms with Crippen LogP contribution in [0.2, 0.25) is 0 Å². The largest absolute Gasteiger partial charge is 0.490 e. The minimum atomic E-state index is 0.511. The van der Waals surface area contributed by atoms with Crippen molar-refractivity contribution in [3.05, 3.63) is 24.0 Å². The van der Waals surface area contributed by atoms with Gasteiger partial charge in [0.15, 0.2) is 0 Å². The van der Waals surface area contributed by atoms with Gasteiger partial charge in [-0.25, -0.2) is 0 Å². The van der Waals surface area contributed by atoms with Crippen molar-refractivity contribution in [2.45, 2.75) is 6.54 Å². The average molecular weight is 284 g/mol. The second kappa shape index (κ2) is 11.6. The standard InChI is InChI=1S/C14H24N2O4/c1-17-6-5-15-11-13-3-4-14(12-16-13)20-10-9-19-8-7-18-2/h3-4,12,15H,5-11H2,1-2H3. The van der Waals surface area contributed by atoms with E-state index in [2.05, 4.69) is 10.3 Å². The first-order chi connectivity index (χ1) is 9.86. The fourth-order valence-electron chi connectivity index (χ4n) is 1.45. The van der Waals surface area contributed by atoms with E-state index < -0.39 is 0 Å². The number of rotatable bonds is 12. The van der Waals surface area contributed by atoms with Crippen LogP contribution in [0.15, 0.2) is 18.3 Å². The van der Waals surface area contributed by atoms with Crippen molar-refractivity contribution >= 4 is 0 Å². The van der Waals surface area contributed by atoms with E-state index in [1.54, 1.807) is 20.4 Å². The molecular weight excluding hydrogens is 260 g/mol. The third-order valence-corrected chi connectivity index (χ3v) is 2.51. The number of aromatic nitrogens is 1. The third-order valence-electron chi connectivity index (χ3n) is 2.51. The van der Waals surface area contributed by atoms with Crippen LogP contribution in [0.1, 0.15) is 5.69 Å². The minimum absolute atomic E-state index is 0.511. The zero-order chi connectivity index (χ0) is 14.5. The van der Waals surface area contributed by atoms with Gasteiger partial charge >= 0.3 is 0 Å². The van der Waals surface area contributed by atoms with E-state index in [0.29, 0.717) is 33.0 Å². The maximum absolute atomic E-state index is 5.52. The number of nitrogens with one attached hydrogen (secondary N) is 1. The highest BCUT2D eigenvalue weighted by Crippen LogP contribution is 2.08. The molecule has 0 atom stereocenters. The summed E-state index contributed by atoms with van der Waals surface area (Å²) in [5.41, 5.74) is 0.977. The number of hydrogen-bond acceptors (Lipinski definition) is 6. The van der Waals surface area contributed by atoms with Crippen molar-refractivity contribution in [3.8, 4) is 5.75 Å². The highest BCUT2D eigenvalue weighted by atomic mass is 16.5. The Balaban J connectivity index is 2.12. The molecule has 0 unspecified atom stereocenters. The van der Waals surface area contributed by atoms with Crippen LogP contribution in [-0.4, -0.2) is 58.8 Å². The first-order valence-corrected chi connectivity index (χ1v) is 6.71. The Kier molecular flexibility index (Phi) is 9.77. The van der Waals surface area contributed by atoms with Crippen molar-refractivity contribution in [2.75, 3.05) is 53.8 Å². The predicted octanol–water partition coefficient (Wildman–Crippen LogP) is 0.859.